The van der Waals surface area contributed by atoms with Crippen molar-refractivity contribution in [2.45, 2.75) is 32.5 Å². The second-order valence-corrected chi connectivity index (χ2v) is 11.6. The Bertz CT molecular complexity index is 1620. The van der Waals surface area contributed by atoms with E-state index in [1.807, 2.05) is 68.6 Å². The lowest BCUT2D eigenvalue weighted by molar-refractivity contribution is 0.0343. The number of nitrogens with one attached hydrogen (secondary N) is 2. The highest BCUT2D eigenvalue weighted by atomic mass is 19.1. The van der Waals surface area contributed by atoms with E-state index in [0.717, 1.165) is 17.1 Å². The first-order valence-corrected chi connectivity index (χ1v) is 15.3. The van der Waals surface area contributed by atoms with Gasteiger partial charge in [-0.15, -0.1) is 0 Å². The standard InChI is InChI=1S/C36H39FN4O5/c1-24-20-41(25(2)23-42)35(43)31-10-7-11-32(39-36(44)38-28-16-14-27(37)15-17-28)34(31)46-33(24)22-40(3)21-26-12-18-30(19-13-26)45-29-8-5-4-6-9-29/h4-19,24-25,33,42H,20-23H2,1-3H3,(H2,38,39,44)/t24-,25+,33+/m1/s1. The van der Waals surface area contributed by atoms with Crippen LogP contribution >= 0.6 is 0 Å². The Morgan fingerprint density at radius 2 is 1.70 bits per heavy atom. The smallest absolute Gasteiger partial charge is 0.323 e. The molecule has 3 N–H and O–H groups in total. The van der Waals surface area contributed by atoms with Crippen LogP contribution in [0, 0.1) is 11.7 Å². The predicted molar refractivity (Wildman–Crippen MR) is 176 cm³/mol. The van der Waals surface area contributed by atoms with E-state index in [4.69, 9.17) is 9.47 Å². The number of carbonyl (C=O) groups excluding carboxylic acids is 2. The zero-order chi connectivity index (χ0) is 32.6. The van der Waals surface area contributed by atoms with E-state index in [1.165, 1.54) is 24.3 Å². The largest absolute Gasteiger partial charge is 0.486 e. The van der Waals surface area contributed by atoms with Gasteiger partial charge in [-0.05, 0) is 80.2 Å². The number of para-hydroxylation sites is 2. The van der Waals surface area contributed by atoms with Crippen molar-refractivity contribution in [3.63, 3.8) is 0 Å². The van der Waals surface area contributed by atoms with Crippen LogP contribution in [0.2, 0.25) is 0 Å². The molecule has 0 bridgehead atoms. The molecule has 0 fully saturated rings. The number of likely N-dealkylation sites (N-methyl/N-ethyl adjacent to an activating group) is 1. The van der Waals surface area contributed by atoms with Gasteiger partial charge in [0.05, 0.1) is 23.9 Å². The molecule has 5 rings (SSSR count). The quantitative estimate of drug-likeness (QED) is 0.183. The monoisotopic (exact) mass is 626 g/mol. The molecule has 0 aromatic heterocycles. The van der Waals surface area contributed by atoms with Crippen molar-refractivity contribution in [2.75, 3.05) is 37.4 Å². The van der Waals surface area contributed by atoms with Crippen LogP contribution in [0.5, 0.6) is 17.2 Å². The molecule has 0 saturated heterocycles. The molecule has 3 atom stereocenters. The summed E-state index contributed by atoms with van der Waals surface area (Å²) < 4.78 is 25.9. The maximum atomic E-state index is 13.8. The van der Waals surface area contributed by atoms with Gasteiger partial charge in [0.1, 0.15) is 23.4 Å². The van der Waals surface area contributed by atoms with E-state index in [9.17, 15) is 19.1 Å². The number of benzene rings is 4. The summed E-state index contributed by atoms with van der Waals surface area (Å²) in [6.45, 7) is 5.17. The van der Waals surface area contributed by atoms with Crippen LogP contribution in [-0.2, 0) is 6.54 Å². The molecule has 240 valence electrons. The number of hydrogen-bond donors (Lipinski definition) is 3. The van der Waals surface area contributed by atoms with Crippen LogP contribution in [0.4, 0.5) is 20.6 Å². The normalized spacial score (nSPS) is 16.9. The number of fused-ring (bicyclic) bond motifs is 1. The number of aliphatic hydroxyl groups excluding tert-OH is 1. The Kier molecular flexibility index (Phi) is 10.5. The van der Waals surface area contributed by atoms with Crippen LogP contribution < -0.4 is 20.1 Å². The topological polar surface area (TPSA) is 103 Å². The minimum atomic E-state index is -0.569. The molecule has 0 spiro atoms. The number of rotatable bonds is 10. The zero-order valence-corrected chi connectivity index (χ0v) is 26.2. The summed E-state index contributed by atoms with van der Waals surface area (Å²) >= 11 is 0. The highest BCUT2D eigenvalue weighted by Crippen LogP contribution is 2.35. The summed E-state index contributed by atoms with van der Waals surface area (Å²) in [6.07, 6.45) is -0.367. The van der Waals surface area contributed by atoms with E-state index in [-0.39, 0.29) is 35.8 Å². The molecular weight excluding hydrogens is 587 g/mol. The molecule has 0 aliphatic carbocycles. The number of anilines is 2. The van der Waals surface area contributed by atoms with Crippen LogP contribution in [0.15, 0.2) is 97.1 Å². The number of aliphatic hydroxyl groups is 1. The van der Waals surface area contributed by atoms with Crippen LogP contribution in [-0.4, -0.2) is 65.7 Å². The SMILES string of the molecule is C[C@@H]1CN([C@@H](C)CO)C(=O)c2cccc(NC(=O)Nc3ccc(F)cc3)c2O[C@H]1CN(C)Cc1ccc(Oc2ccccc2)cc1. The summed E-state index contributed by atoms with van der Waals surface area (Å²) in [5.74, 6) is 0.949. The van der Waals surface area contributed by atoms with Crippen LogP contribution in [0.1, 0.15) is 29.8 Å². The van der Waals surface area contributed by atoms with Gasteiger partial charge in [-0.1, -0.05) is 43.3 Å². The van der Waals surface area contributed by atoms with E-state index in [0.29, 0.717) is 31.0 Å². The lowest BCUT2D eigenvalue weighted by atomic mass is 9.99. The molecule has 10 heteroatoms. The Labute approximate surface area is 268 Å². The van der Waals surface area contributed by atoms with Gasteiger partial charge in [-0.2, -0.15) is 0 Å². The molecule has 3 amide bonds. The minimum Gasteiger partial charge on any atom is -0.486 e. The molecule has 1 aliphatic rings. The number of hydrogen-bond acceptors (Lipinski definition) is 6. The lowest BCUT2D eigenvalue weighted by Gasteiger charge is -2.38. The van der Waals surface area contributed by atoms with Gasteiger partial charge < -0.3 is 30.1 Å². The van der Waals surface area contributed by atoms with Gasteiger partial charge in [0.25, 0.3) is 5.91 Å². The summed E-state index contributed by atoms with van der Waals surface area (Å²) in [6, 6.07) is 27.0. The fourth-order valence-electron chi connectivity index (χ4n) is 5.35. The fourth-order valence-corrected chi connectivity index (χ4v) is 5.35. The first-order chi connectivity index (χ1) is 22.2. The minimum absolute atomic E-state index is 0.115. The Hall–Kier alpha value is -4.93. The van der Waals surface area contributed by atoms with Crippen molar-refractivity contribution >= 4 is 23.3 Å². The molecule has 9 nitrogen and oxygen atoms in total. The average Bonchev–Trinajstić information content (AvgIpc) is 3.05. The third-order valence-corrected chi connectivity index (χ3v) is 7.89. The summed E-state index contributed by atoms with van der Waals surface area (Å²) in [4.78, 5) is 30.5. The Morgan fingerprint density at radius 1 is 1.00 bits per heavy atom. The maximum Gasteiger partial charge on any atom is 0.323 e. The average molecular weight is 627 g/mol. The molecule has 1 heterocycles. The number of ether oxygens (including phenoxy) is 2. The molecule has 0 unspecified atom stereocenters. The zero-order valence-electron chi connectivity index (χ0n) is 26.2. The second-order valence-electron chi connectivity index (χ2n) is 11.6. The molecular formula is C36H39FN4O5. The molecule has 0 saturated carbocycles. The van der Waals surface area contributed by atoms with Crippen molar-refractivity contribution in [1.29, 1.82) is 0 Å². The van der Waals surface area contributed by atoms with Crippen LogP contribution in [0.25, 0.3) is 0 Å². The van der Waals surface area contributed by atoms with Crippen molar-refractivity contribution in [2.24, 2.45) is 5.92 Å². The summed E-state index contributed by atoms with van der Waals surface area (Å²) in [5.41, 5.74) is 2.10. The highest BCUT2D eigenvalue weighted by Gasteiger charge is 2.34. The van der Waals surface area contributed by atoms with Crippen molar-refractivity contribution in [3.8, 4) is 17.2 Å². The predicted octanol–water partition coefficient (Wildman–Crippen LogP) is 6.61. The molecule has 1 aliphatic heterocycles. The number of urea groups is 1. The second kappa shape index (κ2) is 14.9. The van der Waals surface area contributed by atoms with Gasteiger partial charge in [-0.3, -0.25) is 9.69 Å². The van der Waals surface area contributed by atoms with Gasteiger partial charge >= 0.3 is 6.03 Å². The molecule has 46 heavy (non-hydrogen) atoms. The van der Waals surface area contributed by atoms with Gasteiger partial charge in [0.15, 0.2) is 5.75 Å². The summed E-state index contributed by atoms with van der Waals surface area (Å²) in [5, 5.41) is 15.5. The van der Waals surface area contributed by atoms with Crippen molar-refractivity contribution in [3.05, 3.63) is 114 Å². The number of amides is 3. The molecule has 4 aromatic carbocycles. The highest BCUT2D eigenvalue weighted by molar-refractivity contribution is 6.04. The lowest BCUT2D eigenvalue weighted by Crippen LogP contribution is -2.49. The Balaban J connectivity index is 1.34. The van der Waals surface area contributed by atoms with Crippen molar-refractivity contribution < 1.29 is 28.6 Å². The van der Waals surface area contributed by atoms with Gasteiger partial charge in [-0.25, -0.2) is 9.18 Å². The molecule has 4 aromatic rings. The first-order valence-electron chi connectivity index (χ1n) is 15.3. The first kappa shape index (κ1) is 32.5. The van der Waals surface area contributed by atoms with E-state index in [1.54, 1.807) is 30.0 Å². The van der Waals surface area contributed by atoms with Gasteiger partial charge in [0.2, 0.25) is 0 Å². The van der Waals surface area contributed by atoms with Crippen molar-refractivity contribution in [1.82, 2.24) is 9.80 Å². The molecule has 0 radical (unpaired) electrons. The number of halogens is 1. The maximum absolute atomic E-state index is 13.8. The third kappa shape index (κ3) is 8.21. The van der Waals surface area contributed by atoms with E-state index >= 15 is 0 Å². The van der Waals surface area contributed by atoms with Gasteiger partial charge in [0, 0.05) is 31.2 Å². The number of carbonyl (C=O) groups is 2. The van der Waals surface area contributed by atoms with Crippen LogP contribution in [0.3, 0.4) is 0 Å². The van der Waals surface area contributed by atoms with E-state index in [2.05, 4.69) is 15.5 Å². The fraction of sp³-hybridized carbons (Fsp3) is 0.278. The van der Waals surface area contributed by atoms with E-state index < -0.39 is 17.9 Å². The third-order valence-electron chi connectivity index (χ3n) is 7.89. The Morgan fingerprint density at radius 3 is 2.39 bits per heavy atom. The summed E-state index contributed by atoms with van der Waals surface area (Å²) in [7, 11) is 2.00. The number of nitrogens with zero attached hydrogens (tertiary/aromatic N) is 2.